The maximum absolute atomic E-state index is 14.1. The summed E-state index contributed by atoms with van der Waals surface area (Å²) in [5.74, 6) is 1.22. The Balaban J connectivity index is 1.77. The molecule has 0 saturated carbocycles. The fourth-order valence-corrected chi connectivity index (χ4v) is 3.22. The first-order chi connectivity index (χ1) is 15.2. The van der Waals surface area contributed by atoms with E-state index in [0.717, 1.165) is 0 Å². The van der Waals surface area contributed by atoms with Gasteiger partial charge < -0.3 is 29.0 Å². The third kappa shape index (κ3) is 5.07. The summed E-state index contributed by atoms with van der Waals surface area (Å²) in [6, 6.07) is 6.21. The quantitative estimate of drug-likeness (QED) is 0.597. The molecule has 1 aliphatic rings. The van der Waals surface area contributed by atoms with Crippen LogP contribution in [-0.4, -0.2) is 56.7 Å². The second-order valence-corrected chi connectivity index (χ2v) is 6.96. The number of methoxy groups -OCH3 is 1. The van der Waals surface area contributed by atoms with Crippen molar-refractivity contribution in [2.45, 2.75) is 0 Å². The summed E-state index contributed by atoms with van der Waals surface area (Å²) in [6.45, 7) is 2.09. The molecule has 0 aliphatic carbocycles. The van der Waals surface area contributed by atoms with Gasteiger partial charge in [-0.3, -0.25) is 0 Å². The molecule has 1 N–H and O–H groups in total. The fourth-order valence-electron chi connectivity index (χ4n) is 3.05. The number of hydrogen-bond acceptors (Lipinski definition) is 8. The van der Waals surface area contributed by atoms with E-state index < -0.39 is 5.82 Å². The average molecular weight is 450 g/mol. The first kappa shape index (κ1) is 21.4. The van der Waals surface area contributed by atoms with E-state index in [-0.39, 0.29) is 17.4 Å². The van der Waals surface area contributed by atoms with Crippen LogP contribution in [0.5, 0.6) is 17.2 Å². The number of nitrogens with zero attached hydrogens (tertiary/aromatic N) is 2. The van der Waals surface area contributed by atoms with Crippen molar-refractivity contribution in [3.05, 3.63) is 41.4 Å². The van der Waals surface area contributed by atoms with Crippen LogP contribution in [0.2, 0.25) is 5.02 Å². The number of halogens is 2. The Morgan fingerprint density at radius 2 is 1.65 bits per heavy atom. The van der Waals surface area contributed by atoms with E-state index in [1.54, 1.807) is 19.2 Å². The van der Waals surface area contributed by atoms with Gasteiger partial charge in [0.15, 0.2) is 11.5 Å². The van der Waals surface area contributed by atoms with Gasteiger partial charge in [-0.25, -0.2) is 14.4 Å². The minimum Gasteiger partial charge on any atom is -0.493 e. The zero-order valence-corrected chi connectivity index (χ0v) is 17.6. The Morgan fingerprint density at radius 3 is 2.39 bits per heavy atom. The van der Waals surface area contributed by atoms with Crippen LogP contribution in [0.1, 0.15) is 0 Å². The maximum Gasteiger partial charge on any atom is 0.162 e. The highest BCUT2D eigenvalue weighted by Crippen LogP contribution is 2.37. The number of nitrogens with one attached hydrogen (secondary N) is 1. The molecule has 0 fully saturated rings. The molecule has 0 saturated heterocycles. The molecule has 1 aliphatic heterocycles. The van der Waals surface area contributed by atoms with Gasteiger partial charge in [0.2, 0.25) is 0 Å². The van der Waals surface area contributed by atoms with Crippen molar-refractivity contribution < 1.29 is 28.1 Å². The summed E-state index contributed by atoms with van der Waals surface area (Å²) in [6.07, 6.45) is 1.42. The number of ether oxygens (including phenoxy) is 5. The number of anilines is 2. The molecular formula is C21H21ClFN3O5. The first-order valence-electron chi connectivity index (χ1n) is 9.65. The Kier molecular flexibility index (Phi) is 6.86. The molecule has 4 rings (SSSR count). The summed E-state index contributed by atoms with van der Waals surface area (Å²) in [4.78, 5) is 8.64. The molecule has 0 spiro atoms. The predicted molar refractivity (Wildman–Crippen MR) is 113 cm³/mol. The molecule has 2 heterocycles. The van der Waals surface area contributed by atoms with Gasteiger partial charge in [0.05, 0.1) is 49.8 Å². The van der Waals surface area contributed by atoms with Crippen molar-refractivity contribution in [1.82, 2.24) is 9.97 Å². The van der Waals surface area contributed by atoms with Crippen molar-refractivity contribution >= 4 is 34.0 Å². The third-order valence-corrected chi connectivity index (χ3v) is 4.83. The van der Waals surface area contributed by atoms with E-state index in [4.69, 9.17) is 35.3 Å². The van der Waals surface area contributed by atoms with E-state index in [0.29, 0.717) is 66.9 Å². The molecule has 0 atom stereocenters. The van der Waals surface area contributed by atoms with E-state index in [1.165, 1.54) is 18.5 Å². The van der Waals surface area contributed by atoms with Crippen LogP contribution in [0.15, 0.2) is 30.6 Å². The highest BCUT2D eigenvalue weighted by Gasteiger charge is 2.15. The minimum absolute atomic E-state index is 0.0433. The number of hydrogen-bond donors (Lipinski definition) is 1. The van der Waals surface area contributed by atoms with Gasteiger partial charge in [-0.1, -0.05) is 11.6 Å². The SMILES string of the molecule is COc1cc2ncnc3c2cc1OCCOCCOCCOc1cc(F)c(Cl)cc1N3. The second-order valence-electron chi connectivity index (χ2n) is 6.55. The molecular weight excluding hydrogens is 429 g/mol. The molecule has 31 heavy (non-hydrogen) atoms. The van der Waals surface area contributed by atoms with Crippen molar-refractivity contribution in [1.29, 1.82) is 0 Å². The molecule has 0 unspecified atom stereocenters. The van der Waals surface area contributed by atoms with Crippen LogP contribution in [0.3, 0.4) is 0 Å². The number of aromatic nitrogens is 2. The number of fused-ring (bicyclic) bond motifs is 2. The molecule has 0 radical (unpaired) electrons. The second kappa shape index (κ2) is 9.95. The van der Waals surface area contributed by atoms with Gasteiger partial charge in [-0.15, -0.1) is 0 Å². The maximum atomic E-state index is 14.1. The van der Waals surface area contributed by atoms with Crippen molar-refractivity contribution in [2.24, 2.45) is 0 Å². The van der Waals surface area contributed by atoms with Crippen molar-refractivity contribution in [3.63, 3.8) is 0 Å². The van der Waals surface area contributed by atoms with Gasteiger partial charge >= 0.3 is 0 Å². The molecule has 10 heteroatoms. The van der Waals surface area contributed by atoms with Crippen molar-refractivity contribution in [3.8, 4) is 17.2 Å². The van der Waals surface area contributed by atoms with E-state index in [9.17, 15) is 4.39 Å². The molecule has 2 aromatic carbocycles. The van der Waals surface area contributed by atoms with E-state index in [2.05, 4.69) is 15.3 Å². The van der Waals surface area contributed by atoms with Gasteiger partial charge in [0.1, 0.15) is 36.9 Å². The van der Waals surface area contributed by atoms with Gasteiger partial charge in [-0.05, 0) is 12.1 Å². The lowest BCUT2D eigenvalue weighted by molar-refractivity contribution is 0.0272. The topological polar surface area (TPSA) is 84.0 Å². The standard InChI is InChI=1S/C21H21ClFN3O5/c1-27-19-11-16-13-8-20(19)31-7-5-29-3-2-28-4-6-30-18-10-15(23)14(22)9-17(18)26-21(13)25-12-24-16/h8-12H,2-7H2,1H3,(H,24,25,26). The molecule has 164 valence electrons. The predicted octanol–water partition coefficient (Wildman–Crippen LogP) is 3.98. The molecule has 8 nitrogen and oxygen atoms in total. The summed E-state index contributed by atoms with van der Waals surface area (Å²) < 4.78 is 42.1. The summed E-state index contributed by atoms with van der Waals surface area (Å²) in [5, 5.41) is 3.80. The van der Waals surface area contributed by atoms with Gasteiger partial charge in [0, 0.05) is 17.5 Å². The first-order valence-corrected chi connectivity index (χ1v) is 10.0. The average Bonchev–Trinajstić information content (AvgIpc) is 2.77. The lowest BCUT2D eigenvalue weighted by Crippen LogP contribution is -2.13. The van der Waals surface area contributed by atoms with Crippen LogP contribution in [0, 0.1) is 5.82 Å². The smallest absolute Gasteiger partial charge is 0.162 e. The third-order valence-electron chi connectivity index (χ3n) is 4.54. The summed E-state index contributed by atoms with van der Waals surface area (Å²) in [7, 11) is 1.56. The summed E-state index contributed by atoms with van der Waals surface area (Å²) >= 11 is 6.01. The van der Waals surface area contributed by atoms with Crippen LogP contribution in [-0.2, 0) is 9.47 Å². The molecule has 2 bridgehead atoms. The van der Waals surface area contributed by atoms with Crippen LogP contribution >= 0.6 is 11.6 Å². The monoisotopic (exact) mass is 449 g/mol. The lowest BCUT2D eigenvalue weighted by Gasteiger charge is -2.16. The summed E-state index contributed by atoms with van der Waals surface area (Å²) in [5.41, 5.74) is 1.09. The number of benzene rings is 2. The Labute approximate surface area is 183 Å². The number of rotatable bonds is 1. The Morgan fingerprint density at radius 1 is 0.935 bits per heavy atom. The minimum atomic E-state index is -0.588. The van der Waals surface area contributed by atoms with E-state index >= 15 is 0 Å². The Bertz CT molecular complexity index is 1070. The van der Waals surface area contributed by atoms with Crippen LogP contribution in [0.4, 0.5) is 15.9 Å². The van der Waals surface area contributed by atoms with Gasteiger partial charge in [0.25, 0.3) is 0 Å². The fraction of sp³-hybridized carbons (Fsp3) is 0.333. The zero-order chi connectivity index (χ0) is 21.6. The van der Waals surface area contributed by atoms with Crippen LogP contribution < -0.4 is 19.5 Å². The highest BCUT2D eigenvalue weighted by molar-refractivity contribution is 6.31. The van der Waals surface area contributed by atoms with Crippen LogP contribution in [0.25, 0.3) is 10.9 Å². The highest BCUT2D eigenvalue weighted by atomic mass is 35.5. The van der Waals surface area contributed by atoms with Crippen molar-refractivity contribution in [2.75, 3.05) is 52.1 Å². The molecule has 3 aromatic rings. The largest absolute Gasteiger partial charge is 0.493 e. The molecule has 0 amide bonds. The van der Waals surface area contributed by atoms with Gasteiger partial charge in [-0.2, -0.15) is 0 Å². The lowest BCUT2D eigenvalue weighted by atomic mass is 10.2. The molecule has 1 aromatic heterocycles. The van der Waals surface area contributed by atoms with E-state index in [1.807, 2.05) is 0 Å². The normalized spacial score (nSPS) is 15.3. The zero-order valence-electron chi connectivity index (χ0n) is 16.8. The Hall–Kier alpha value is -2.88.